The minimum Gasteiger partial charge on any atom is -0.325 e. The van der Waals surface area contributed by atoms with E-state index in [0.717, 1.165) is 5.03 Å². The minimum atomic E-state index is -0.324. The van der Waals surface area contributed by atoms with Crippen molar-refractivity contribution in [3.8, 4) is 0 Å². The fraction of sp³-hybridized carbons (Fsp3) is 0.143. The zero-order valence-corrected chi connectivity index (χ0v) is 11.2. The van der Waals surface area contributed by atoms with E-state index >= 15 is 0 Å². The molecule has 5 heteroatoms. The van der Waals surface area contributed by atoms with Gasteiger partial charge in [0.05, 0.1) is 10.8 Å². The molecule has 0 radical (unpaired) electrons. The van der Waals surface area contributed by atoms with E-state index in [9.17, 15) is 9.18 Å². The highest BCUT2D eigenvalue weighted by Crippen LogP contribution is 2.16. The highest BCUT2D eigenvalue weighted by molar-refractivity contribution is 7.99. The van der Waals surface area contributed by atoms with E-state index < -0.39 is 0 Å². The topological polar surface area (TPSA) is 42.0 Å². The monoisotopic (exact) mass is 276 g/mol. The molecule has 2 rings (SSSR count). The molecule has 1 aromatic heterocycles. The Hall–Kier alpha value is -1.88. The third-order valence-electron chi connectivity index (χ3n) is 2.44. The second-order valence-electron chi connectivity index (χ2n) is 3.97. The molecule has 2 aromatic rings. The number of hydrogen-bond acceptors (Lipinski definition) is 3. The summed E-state index contributed by atoms with van der Waals surface area (Å²) in [7, 11) is 0. The second-order valence-corrected chi connectivity index (χ2v) is 4.96. The first-order chi connectivity index (χ1) is 9.15. The molecule has 0 saturated carbocycles. The standard InChI is InChI=1S/C14H13FN2OS/c1-10-5-6-11(8-12(10)15)17-13(18)9-19-14-4-2-3-7-16-14/h2-8H,9H2,1H3,(H,17,18). The summed E-state index contributed by atoms with van der Waals surface area (Å²) in [6.07, 6.45) is 1.68. The zero-order chi connectivity index (χ0) is 13.7. The van der Waals surface area contributed by atoms with E-state index in [-0.39, 0.29) is 17.5 Å². The van der Waals surface area contributed by atoms with Crippen LogP contribution < -0.4 is 5.32 Å². The number of thioether (sulfide) groups is 1. The number of anilines is 1. The van der Waals surface area contributed by atoms with E-state index in [1.54, 1.807) is 25.3 Å². The summed E-state index contributed by atoms with van der Waals surface area (Å²) in [4.78, 5) is 15.8. The molecule has 0 aliphatic heterocycles. The van der Waals surface area contributed by atoms with Crippen molar-refractivity contribution in [2.75, 3.05) is 11.1 Å². The molecule has 1 heterocycles. The molecule has 3 nitrogen and oxygen atoms in total. The van der Waals surface area contributed by atoms with Crippen molar-refractivity contribution in [3.63, 3.8) is 0 Å². The van der Waals surface area contributed by atoms with Gasteiger partial charge in [0.15, 0.2) is 0 Å². The number of carbonyl (C=O) groups excluding carboxylic acids is 1. The molecule has 0 spiro atoms. The van der Waals surface area contributed by atoms with Crippen LogP contribution in [-0.2, 0) is 4.79 Å². The molecule has 0 atom stereocenters. The molecule has 19 heavy (non-hydrogen) atoms. The summed E-state index contributed by atoms with van der Waals surface area (Å²) >= 11 is 1.34. The van der Waals surface area contributed by atoms with Crippen molar-refractivity contribution < 1.29 is 9.18 Å². The van der Waals surface area contributed by atoms with Crippen LogP contribution in [0.25, 0.3) is 0 Å². The van der Waals surface area contributed by atoms with Gasteiger partial charge < -0.3 is 5.32 Å². The number of nitrogens with one attached hydrogen (secondary N) is 1. The number of hydrogen-bond donors (Lipinski definition) is 1. The number of amides is 1. The van der Waals surface area contributed by atoms with E-state index in [4.69, 9.17) is 0 Å². The predicted octanol–water partition coefficient (Wildman–Crippen LogP) is 3.26. The van der Waals surface area contributed by atoms with Crippen LogP contribution in [0.1, 0.15) is 5.56 Å². The van der Waals surface area contributed by atoms with Gasteiger partial charge in [0.2, 0.25) is 5.91 Å². The smallest absolute Gasteiger partial charge is 0.234 e. The number of aromatic nitrogens is 1. The van der Waals surface area contributed by atoms with Crippen LogP contribution in [-0.4, -0.2) is 16.6 Å². The Labute approximate surface area is 115 Å². The van der Waals surface area contributed by atoms with Gasteiger partial charge in [0, 0.05) is 11.9 Å². The first-order valence-electron chi connectivity index (χ1n) is 5.75. The van der Waals surface area contributed by atoms with Gasteiger partial charge in [-0.3, -0.25) is 4.79 Å². The van der Waals surface area contributed by atoms with Gasteiger partial charge in [0.25, 0.3) is 0 Å². The lowest BCUT2D eigenvalue weighted by atomic mass is 10.2. The molecule has 1 N–H and O–H groups in total. The lowest BCUT2D eigenvalue weighted by Crippen LogP contribution is -2.14. The number of nitrogens with zero attached hydrogens (tertiary/aromatic N) is 1. The largest absolute Gasteiger partial charge is 0.325 e. The molecular weight excluding hydrogens is 263 g/mol. The van der Waals surface area contributed by atoms with E-state index in [1.807, 2.05) is 18.2 Å². The number of aryl methyl sites for hydroxylation is 1. The van der Waals surface area contributed by atoms with Crippen molar-refractivity contribution in [2.24, 2.45) is 0 Å². The third kappa shape index (κ3) is 4.06. The summed E-state index contributed by atoms with van der Waals surface area (Å²) in [5.74, 6) is -0.263. The van der Waals surface area contributed by atoms with Gasteiger partial charge in [-0.2, -0.15) is 0 Å². The first kappa shape index (κ1) is 13.5. The number of pyridine rings is 1. The highest BCUT2D eigenvalue weighted by atomic mass is 32.2. The Kier molecular flexibility index (Phi) is 4.52. The number of benzene rings is 1. The number of carbonyl (C=O) groups is 1. The van der Waals surface area contributed by atoms with Crippen LogP contribution in [0.5, 0.6) is 0 Å². The Morgan fingerprint density at radius 1 is 1.37 bits per heavy atom. The van der Waals surface area contributed by atoms with Crippen LogP contribution >= 0.6 is 11.8 Å². The van der Waals surface area contributed by atoms with Gasteiger partial charge in [0.1, 0.15) is 5.82 Å². The number of halogens is 1. The SMILES string of the molecule is Cc1ccc(NC(=O)CSc2ccccn2)cc1F. The first-order valence-corrected chi connectivity index (χ1v) is 6.73. The van der Waals surface area contributed by atoms with Crippen molar-refractivity contribution in [2.45, 2.75) is 11.9 Å². The summed E-state index contributed by atoms with van der Waals surface area (Å²) in [5.41, 5.74) is 1.02. The third-order valence-corrected chi connectivity index (χ3v) is 3.39. The van der Waals surface area contributed by atoms with Gasteiger partial charge in [-0.25, -0.2) is 9.37 Å². The van der Waals surface area contributed by atoms with Crippen LogP contribution in [0.2, 0.25) is 0 Å². The quantitative estimate of drug-likeness (QED) is 0.872. The maximum atomic E-state index is 13.3. The van der Waals surface area contributed by atoms with Crippen LogP contribution in [0.15, 0.2) is 47.6 Å². The van der Waals surface area contributed by atoms with Gasteiger partial charge in [-0.05, 0) is 36.8 Å². The lowest BCUT2D eigenvalue weighted by Gasteiger charge is -2.06. The normalized spacial score (nSPS) is 10.2. The summed E-state index contributed by atoms with van der Waals surface area (Å²) < 4.78 is 13.3. The fourth-order valence-corrected chi connectivity index (χ4v) is 2.10. The van der Waals surface area contributed by atoms with Crippen LogP contribution in [0, 0.1) is 12.7 Å². The van der Waals surface area contributed by atoms with Crippen molar-refractivity contribution in [1.29, 1.82) is 0 Å². The minimum absolute atomic E-state index is 0.182. The number of rotatable bonds is 4. The summed E-state index contributed by atoms with van der Waals surface area (Å²) in [6, 6.07) is 10.2. The molecule has 0 unspecified atom stereocenters. The second kappa shape index (κ2) is 6.33. The molecule has 0 fully saturated rings. The lowest BCUT2D eigenvalue weighted by molar-refractivity contribution is -0.113. The highest BCUT2D eigenvalue weighted by Gasteiger charge is 2.05. The summed E-state index contributed by atoms with van der Waals surface area (Å²) in [5, 5.41) is 3.44. The molecule has 0 saturated heterocycles. The molecule has 0 aliphatic rings. The van der Waals surface area contributed by atoms with Crippen molar-refractivity contribution in [1.82, 2.24) is 4.98 Å². The van der Waals surface area contributed by atoms with E-state index in [2.05, 4.69) is 10.3 Å². The molecular formula is C14H13FN2OS. The fourth-order valence-electron chi connectivity index (χ4n) is 1.44. The Morgan fingerprint density at radius 2 is 2.21 bits per heavy atom. The molecule has 98 valence electrons. The molecule has 1 amide bonds. The molecule has 0 bridgehead atoms. The van der Waals surface area contributed by atoms with Crippen LogP contribution in [0.3, 0.4) is 0 Å². The zero-order valence-electron chi connectivity index (χ0n) is 10.4. The maximum Gasteiger partial charge on any atom is 0.234 e. The average Bonchev–Trinajstić information content (AvgIpc) is 2.42. The van der Waals surface area contributed by atoms with E-state index in [1.165, 1.54) is 17.8 Å². The van der Waals surface area contributed by atoms with Gasteiger partial charge >= 0.3 is 0 Å². The molecule has 1 aromatic carbocycles. The van der Waals surface area contributed by atoms with Crippen molar-refractivity contribution >= 4 is 23.4 Å². The van der Waals surface area contributed by atoms with Crippen LogP contribution in [0.4, 0.5) is 10.1 Å². The Bertz CT molecular complexity index is 575. The van der Waals surface area contributed by atoms with Crippen molar-refractivity contribution in [3.05, 3.63) is 54.0 Å². The molecule has 0 aliphatic carbocycles. The van der Waals surface area contributed by atoms with Gasteiger partial charge in [-0.15, -0.1) is 0 Å². The van der Waals surface area contributed by atoms with E-state index in [0.29, 0.717) is 11.3 Å². The Morgan fingerprint density at radius 3 is 2.89 bits per heavy atom. The predicted molar refractivity (Wildman–Crippen MR) is 74.7 cm³/mol. The maximum absolute atomic E-state index is 13.3. The van der Waals surface area contributed by atoms with Gasteiger partial charge in [-0.1, -0.05) is 23.9 Å². The average molecular weight is 276 g/mol. The Balaban J connectivity index is 1.89. The summed E-state index contributed by atoms with van der Waals surface area (Å²) in [6.45, 7) is 1.68.